The van der Waals surface area contributed by atoms with Crippen molar-refractivity contribution in [2.45, 2.75) is 147 Å². The molecule has 9 atom stereocenters. The summed E-state index contributed by atoms with van der Waals surface area (Å²) in [5.41, 5.74) is 3.05. The lowest BCUT2D eigenvalue weighted by atomic mass is 9.98. The van der Waals surface area contributed by atoms with Crippen molar-refractivity contribution in [2.75, 3.05) is 18.1 Å². The zero-order chi connectivity index (χ0) is 43.4. The van der Waals surface area contributed by atoms with Gasteiger partial charge in [-0.05, 0) is 42.4 Å². The van der Waals surface area contributed by atoms with E-state index in [4.69, 9.17) is 37.9 Å². The molecule has 2 aliphatic rings. The minimum atomic E-state index is -1.44. The summed E-state index contributed by atoms with van der Waals surface area (Å²) < 4.78 is 50.8. The Labute approximate surface area is 363 Å². The third-order valence-corrected chi connectivity index (χ3v) is 13.1. The van der Waals surface area contributed by atoms with Gasteiger partial charge in [-0.25, -0.2) is 0 Å². The first kappa shape index (κ1) is 47.8. The Bertz CT molecular complexity index is 1760. The minimum absolute atomic E-state index is 0.0638. The average molecular weight is 864 g/mol. The van der Waals surface area contributed by atoms with E-state index in [2.05, 4.69) is 0 Å². The lowest BCUT2D eigenvalue weighted by Crippen LogP contribution is -2.64. The van der Waals surface area contributed by atoms with Crippen LogP contribution in [0, 0.1) is 0 Å². The zero-order valence-corrected chi connectivity index (χ0v) is 36.8. The highest BCUT2D eigenvalue weighted by Crippen LogP contribution is 2.36. The monoisotopic (exact) mass is 863 g/mol. The lowest BCUT2D eigenvalue weighted by Gasteiger charge is -2.43. The van der Waals surface area contributed by atoms with Crippen LogP contribution in [0.25, 0.3) is 0 Å². The summed E-state index contributed by atoms with van der Waals surface area (Å²) in [4.78, 5) is 53.1. The molecule has 0 amide bonds. The van der Waals surface area contributed by atoms with Crippen molar-refractivity contribution in [3.63, 3.8) is 0 Å². The first-order valence-electron chi connectivity index (χ1n) is 21.7. The van der Waals surface area contributed by atoms with E-state index in [0.29, 0.717) is 57.9 Å². The van der Waals surface area contributed by atoms with Gasteiger partial charge in [0, 0.05) is 36.6 Å². The van der Waals surface area contributed by atoms with E-state index < -0.39 is 71.6 Å². The van der Waals surface area contributed by atoms with Crippen LogP contribution in [0.4, 0.5) is 0 Å². The molecule has 0 saturated carbocycles. The van der Waals surface area contributed by atoms with Crippen molar-refractivity contribution in [3.8, 4) is 0 Å². The number of carbonyl (C=O) groups is 4. The normalized spacial score (nSPS) is 24.8. The number of carbonyl (C=O) groups excluding carboxylic acids is 4. The largest absolute Gasteiger partial charge is 0.455 e. The Morgan fingerprint density at radius 1 is 0.541 bits per heavy atom. The van der Waals surface area contributed by atoms with E-state index in [9.17, 15) is 19.2 Å². The summed E-state index contributed by atoms with van der Waals surface area (Å²) in [5.74, 6) is -1.42. The summed E-state index contributed by atoms with van der Waals surface area (Å²) in [6.45, 7) is 8.77. The van der Waals surface area contributed by atoms with E-state index in [1.165, 1.54) is 0 Å². The average Bonchev–Trinajstić information content (AvgIpc) is 3.58. The zero-order valence-electron chi connectivity index (χ0n) is 36.0. The maximum atomic E-state index is 13.4. The molecule has 13 heteroatoms. The van der Waals surface area contributed by atoms with Gasteiger partial charge >= 0.3 is 23.9 Å². The van der Waals surface area contributed by atoms with Crippen LogP contribution >= 0.6 is 0 Å². The second kappa shape index (κ2) is 25.6. The van der Waals surface area contributed by atoms with Gasteiger partial charge in [0.15, 0.2) is 17.5 Å². The van der Waals surface area contributed by atoms with Crippen LogP contribution in [0.5, 0.6) is 0 Å². The lowest BCUT2D eigenvalue weighted by molar-refractivity contribution is -0.293. The second-order valence-electron chi connectivity index (χ2n) is 15.4. The summed E-state index contributed by atoms with van der Waals surface area (Å²) in [5, 5.41) is -0.217. The first-order chi connectivity index (χ1) is 29.7. The molecule has 2 heterocycles. The van der Waals surface area contributed by atoms with Crippen molar-refractivity contribution in [2.24, 2.45) is 0 Å². The SMILES string of the molecule is CCCC(=O)OC1O[C@H](C[S+]2C[C@@H](OCc3ccccc3)[C@H](OCc3ccccc3)[C@H]2COCc2ccccc2)[C@@H](OC(=O)CCC)[C@H](OC(=O)CCC)[C@@H]1OC(=O)CCC. The topological polar surface area (TPSA) is 142 Å². The molecule has 61 heavy (non-hydrogen) atoms. The smallest absolute Gasteiger partial charge is 0.308 e. The van der Waals surface area contributed by atoms with Gasteiger partial charge in [0.25, 0.3) is 0 Å². The molecule has 0 aromatic heterocycles. The fourth-order valence-electron chi connectivity index (χ4n) is 7.37. The van der Waals surface area contributed by atoms with Gasteiger partial charge in [0.1, 0.15) is 29.8 Å². The number of hydrogen-bond acceptors (Lipinski definition) is 12. The van der Waals surface area contributed by atoms with Crippen molar-refractivity contribution in [1.29, 1.82) is 0 Å². The highest BCUT2D eigenvalue weighted by atomic mass is 32.2. The fourth-order valence-corrected chi connectivity index (χ4v) is 10.3. The van der Waals surface area contributed by atoms with Crippen LogP contribution in [-0.4, -0.2) is 90.2 Å². The molecular weight excluding hydrogens is 801 g/mol. The summed E-state index contributed by atoms with van der Waals surface area (Å²) in [7, 11) is -0.603. The molecule has 2 saturated heterocycles. The molecule has 2 unspecified atom stereocenters. The molecule has 2 aliphatic heterocycles. The number of rotatable bonds is 24. The maximum absolute atomic E-state index is 13.4. The molecule has 0 aliphatic carbocycles. The fraction of sp³-hybridized carbons (Fsp3) is 0.542. The molecule has 0 radical (unpaired) electrons. The van der Waals surface area contributed by atoms with E-state index in [0.717, 1.165) is 16.7 Å². The Morgan fingerprint density at radius 2 is 0.984 bits per heavy atom. The highest BCUT2D eigenvalue weighted by Gasteiger charge is 2.59. The van der Waals surface area contributed by atoms with Gasteiger partial charge in [-0.2, -0.15) is 0 Å². The number of hydrogen-bond donors (Lipinski definition) is 0. The molecule has 2 fully saturated rings. The molecule has 332 valence electrons. The first-order valence-corrected chi connectivity index (χ1v) is 23.4. The maximum Gasteiger partial charge on any atom is 0.308 e. The third-order valence-electron chi connectivity index (χ3n) is 10.4. The van der Waals surface area contributed by atoms with Crippen LogP contribution in [0.15, 0.2) is 91.0 Å². The quantitative estimate of drug-likeness (QED) is 0.0498. The molecule has 0 spiro atoms. The molecule has 0 N–H and O–H groups in total. The van der Waals surface area contributed by atoms with Gasteiger partial charge < -0.3 is 37.9 Å². The van der Waals surface area contributed by atoms with Crippen LogP contribution in [0.1, 0.15) is 95.8 Å². The molecule has 12 nitrogen and oxygen atoms in total. The Balaban J connectivity index is 1.54. The van der Waals surface area contributed by atoms with Crippen LogP contribution in [0.3, 0.4) is 0 Å². The van der Waals surface area contributed by atoms with Gasteiger partial charge in [-0.1, -0.05) is 119 Å². The number of esters is 4. The van der Waals surface area contributed by atoms with Crippen LogP contribution in [0.2, 0.25) is 0 Å². The molecule has 3 aromatic carbocycles. The van der Waals surface area contributed by atoms with Crippen LogP contribution in [-0.2, 0) is 87.8 Å². The van der Waals surface area contributed by atoms with E-state index >= 15 is 0 Å². The summed E-state index contributed by atoms with van der Waals surface area (Å²) in [6, 6.07) is 29.8. The standard InChI is InChI=1S/C48H63O12S/c1-5-18-40(49)57-45-38(56-48(60-43(52)21-8-4)47(59-42(51)20-7-3)46(45)58-41(50)19-6-2)33-61-32-37(54-29-35-24-14-10-15-25-35)44(55-30-36-26-16-11-17-27-36)39(61)31-53-28-34-22-12-9-13-23-34/h9-17,22-27,37-39,44-48H,5-8,18-21,28-33H2,1-4H3/q+1/t37-,38-,39-,44+,45-,46+,47+,48?,61?/m1/s1. The summed E-state index contributed by atoms with van der Waals surface area (Å²) in [6.07, 6.45) is -4.78. The van der Waals surface area contributed by atoms with E-state index in [1.807, 2.05) is 119 Å². The van der Waals surface area contributed by atoms with Gasteiger partial charge in [-0.3, -0.25) is 19.2 Å². The predicted octanol–water partition coefficient (Wildman–Crippen LogP) is 7.58. The molecular formula is C48H63O12S+. The Morgan fingerprint density at radius 3 is 1.49 bits per heavy atom. The molecule has 5 rings (SSSR count). The van der Waals surface area contributed by atoms with Crippen molar-refractivity contribution >= 4 is 34.8 Å². The molecule has 3 aromatic rings. The number of ether oxygens (including phenoxy) is 8. The predicted molar refractivity (Wildman–Crippen MR) is 231 cm³/mol. The van der Waals surface area contributed by atoms with Gasteiger partial charge in [-0.15, -0.1) is 0 Å². The van der Waals surface area contributed by atoms with Crippen molar-refractivity contribution < 1.29 is 57.1 Å². The van der Waals surface area contributed by atoms with Crippen LogP contribution < -0.4 is 0 Å². The highest BCUT2D eigenvalue weighted by molar-refractivity contribution is 7.97. The van der Waals surface area contributed by atoms with Crippen molar-refractivity contribution in [3.05, 3.63) is 108 Å². The van der Waals surface area contributed by atoms with E-state index in [1.54, 1.807) is 0 Å². The van der Waals surface area contributed by atoms with E-state index in [-0.39, 0.29) is 42.8 Å². The van der Waals surface area contributed by atoms with Gasteiger partial charge in [0.05, 0.1) is 26.4 Å². The van der Waals surface area contributed by atoms with Gasteiger partial charge in [0.2, 0.25) is 12.4 Å². The number of benzene rings is 3. The Kier molecular flexibility index (Phi) is 20.1. The summed E-state index contributed by atoms with van der Waals surface area (Å²) >= 11 is 0. The third kappa shape index (κ3) is 15.0. The second-order valence-corrected chi connectivity index (χ2v) is 17.7. The minimum Gasteiger partial charge on any atom is -0.455 e. The molecule has 0 bridgehead atoms. The van der Waals surface area contributed by atoms with Crippen molar-refractivity contribution in [1.82, 2.24) is 0 Å². The Hall–Kier alpha value is -4.27.